The van der Waals surface area contributed by atoms with Crippen molar-refractivity contribution in [1.82, 2.24) is 9.62 Å². The van der Waals surface area contributed by atoms with E-state index in [1.165, 1.54) is 38.4 Å². The Balaban J connectivity index is 1.93. The number of hydrogen-bond donors (Lipinski definition) is 1. The van der Waals surface area contributed by atoms with Crippen LogP contribution in [0.5, 0.6) is 0 Å². The Hall–Kier alpha value is -1.48. The minimum Gasteiger partial charge on any atom is -0.352 e. The number of carbonyl (C=O) groups is 1. The predicted octanol–water partition coefficient (Wildman–Crippen LogP) is 0.820. The zero-order chi connectivity index (χ0) is 17.1. The molecule has 1 aliphatic rings. The van der Waals surface area contributed by atoms with Gasteiger partial charge in [-0.1, -0.05) is 0 Å². The summed E-state index contributed by atoms with van der Waals surface area (Å²) >= 11 is 0. The van der Waals surface area contributed by atoms with Crippen LogP contribution in [0.25, 0.3) is 0 Å². The third-order valence-corrected chi connectivity index (χ3v) is 5.49. The summed E-state index contributed by atoms with van der Waals surface area (Å²) in [4.78, 5) is 12.2. The monoisotopic (exact) mass is 342 g/mol. The molecule has 8 heteroatoms. The van der Waals surface area contributed by atoms with Gasteiger partial charge in [0.25, 0.3) is 5.91 Å². The van der Waals surface area contributed by atoms with Crippen LogP contribution >= 0.6 is 0 Å². The van der Waals surface area contributed by atoms with Gasteiger partial charge in [-0.05, 0) is 31.2 Å². The first-order valence-corrected chi connectivity index (χ1v) is 8.77. The molecule has 128 valence electrons. The van der Waals surface area contributed by atoms with Crippen molar-refractivity contribution in [2.75, 3.05) is 33.9 Å². The zero-order valence-corrected chi connectivity index (χ0v) is 14.4. The Morgan fingerprint density at radius 2 is 1.78 bits per heavy atom. The van der Waals surface area contributed by atoms with Gasteiger partial charge >= 0.3 is 0 Å². The number of ether oxygens (including phenoxy) is 2. The number of sulfonamides is 1. The van der Waals surface area contributed by atoms with E-state index in [4.69, 9.17) is 9.47 Å². The molecule has 1 saturated heterocycles. The first kappa shape index (κ1) is 17.9. The van der Waals surface area contributed by atoms with Crippen LogP contribution in [0.3, 0.4) is 0 Å². The highest BCUT2D eigenvalue weighted by Crippen LogP contribution is 2.21. The van der Waals surface area contributed by atoms with Crippen LogP contribution in [0.4, 0.5) is 0 Å². The van der Waals surface area contributed by atoms with Crippen molar-refractivity contribution in [2.24, 2.45) is 0 Å². The average Bonchev–Trinajstić information content (AvgIpc) is 2.94. The number of rotatable bonds is 6. The molecule has 1 aromatic carbocycles. The molecule has 0 radical (unpaired) electrons. The molecule has 0 aliphatic carbocycles. The minimum atomic E-state index is -3.49. The number of carbonyl (C=O) groups excluding carboxylic acids is 1. The summed E-state index contributed by atoms with van der Waals surface area (Å²) < 4.78 is 36.0. The van der Waals surface area contributed by atoms with Crippen LogP contribution in [-0.2, 0) is 19.5 Å². The fourth-order valence-corrected chi connectivity index (χ4v) is 3.10. The van der Waals surface area contributed by atoms with Gasteiger partial charge in [-0.3, -0.25) is 4.79 Å². The fraction of sp³-hybridized carbons (Fsp3) is 0.533. The van der Waals surface area contributed by atoms with E-state index >= 15 is 0 Å². The largest absolute Gasteiger partial charge is 0.352 e. The quantitative estimate of drug-likeness (QED) is 0.827. The molecule has 7 nitrogen and oxygen atoms in total. The van der Waals surface area contributed by atoms with Gasteiger partial charge in [0.2, 0.25) is 10.0 Å². The third-order valence-electron chi connectivity index (χ3n) is 3.66. The highest BCUT2D eigenvalue weighted by Gasteiger charge is 2.30. The van der Waals surface area contributed by atoms with E-state index in [1.54, 1.807) is 0 Å². The molecule has 0 aromatic heterocycles. The zero-order valence-electron chi connectivity index (χ0n) is 13.5. The van der Waals surface area contributed by atoms with E-state index in [2.05, 4.69) is 5.32 Å². The summed E-state index contributed by atoms with van der Waals surface area (Å²) in [5.74, 6) is -0.905. The van der Waals surface area contributed by atoms with Gasteiger partial charge in [0, 0.05) is 32.6 Å². The van der Waals surface area contributed by atoms with Gasteiger partial charge in [-0.2, -0.15) is 0 Å². The molecule has 0 spiro atoms. The Morgan fingerprint density at radius 1 is 1.22 bits per heavy atom. The third kappa shape index (κ3) is 4.29. The van der Waals surface area contributed by atoms with Gasteiger partial charge in [0.15, 0.2) is 5.79 Å². The SMILES string of the molecule is CN(C)S(=O)(=O)c1ccc(C(=O)NCCC2(C)OCCO2)cc1. The minimum absolute atomic E-state index is 0.152. The molecule has 1 aromatic rings. The highest BCUT2D eigenvalue weighted by atomic mass is 32.2. The molecular formula is C15H22N2O5S. The molecule has 0 atom stereocenters. The molecule has 0 bridgehead atoms. The summed E-state index contributed by atoms with van der Waals surface area (Å²) in [6, 6.07) is 5.84. The number of amides is 1. The molecule has 0 saturated carbocycles. The second kappa shape index (κ2) is 6.96. The standard InChI is InChI=1S/C15H22N2O5S/c1-15(21-10-11-22-15)8-9-16-14(18)12-4-6-13(7-5-12)23(19,20)17(2)3/h4-7H,8-11H2,1-3H3,(H,16,18). The van der Waals surface area contributed by atoms with Crippen LogP contribution < -0.4 is 5.32 Å². The second-order valence-corrected chi connectivity index (χ2v) is 7.80. The Labute approximate surface area is 136 Å². The van der Waals surface area contributed by atoms with Gasteiger partial charge in [-0.25, -0.2) is 12.7 Å². The topological polar surface area (TPSA) is 84.9 Å². The summed E-state index contributed by atoms with van der Waals surface area (Å²) in [5.41, 5.74) is 0.404. The maximum absolute atomic E-state index is 12.1. The van der Waals surface area contributed by atoms with E-state index < -0.39 is 15.8 Å². The Kier molecular flexibility index (Phi) is 5.41. The fourth-order valence-electron chi connectivity index (χ4n) is 2.20. The average molecular weight is 342 g/mol. The van der Waals surface area contributed by atoms with Crippen molar-refractivity contribution >= 4 is 15.9 Å². The van der Waals surface area contributed by atoms with Gasteiger partial charge in [-0.15, -0.1) is 0 Å². The number of hydrogen-bond acceptors (Lipinski definition) is 5. The molecule has 2 rings (SSSR count). The van der Waals surface area contributed by atoms with Crippen LogP contribution in [0.15, 0.2) is 29.2 Å². The predicted molar refractivity (Wildman–Crippen MR) is 84.6 cm³/mol. The van der Waals surface area contributed by atoms with Crippen molar-refractivity contribution in [1.29, 1.82) is 0 Å². The first-order valence-electron chi connectivity index (χ1n) is 7.33. The molecule has 1 aliphatic heterocycles. The summed E-state index contributed by atoms with van der Waals surface area (Å²) in [5, 5.41) is 2.77. The number of nitrogens with zero attached hydrogens (tertiary/aromatic N) is 1. The van der Waals surface area contributed by atoms with Crippen LogP contribution in [0, 0.1) is 0 Å². The Bertz CT molecular complexity index is 649. The molecule has 1 amide bonds. The first-order chi connectivity index (χ1) is 10.7. The van der Waals surface area contributed by atoms with Crippen LogP contribution in [0.2, 0.25) is 0 Å². The molecule has 0 unspecified atom stereocenters. The maximum Gasteiger partial charge on any atom is 0.251 e. The molecule has 1 N–H and O–H groups in total. The lowest BCUT2D eigenvalue weighted by molar-refractivity contribution is -0.145. The maximum atomic E-state index is 12.1. The van der Waals surface area contributed by atoms with Crippen molar-refractivity contribution in [3.8, 4) is 0 Å². The van der Waals surface area contributed by atoms with Crippen molar-refractivity contribution in [2.45, 2.75) is 24.0 Å². The van der Waals surface area contributed by atoms with Crippen molar-refractivity contribution in [3.05, 3.63) is 29.8 Å². The number of nitrogens with one attached hydrogen (secondary N) is 1. The van der Waals surface area contributed by atoms with E-state index in [1.807, 2.05) is 6.92 Å². The van der Waals surface area contributed by atoms with Gasteiger partial charge in [0.05, 0.1) is 18.1 Å². The van der Waals surface area contributed by atoms with Crippen molar-refractivity contribution in [3.63, 3.8) is 0 Å². The highest BCUT2D eigenvalue weighted by molar-refractivity contribution is 7.89. The van der Waals surface area contributed by atoms with E-state index in [-0.39, 0.29) is 10.8 Å². The molecule has 1 heterocycles. The van der Waals surface area contributed by atoms with Crippen molar-refractivity contribution < 1.29 is 22.7 Å². The summed E-state index contributed by atoms with van der Waals surface area (Å²) in [7, 11) is -0.563. The lowest BCUT2D eigenvalue weighted by Crippen LogP contribution is -2.33. The number of benzene rings is 1. The smallest absolute Gasteiger partial charge is 0.251 e. The van der Waals surface area contributed by atoms with Crippen LogP contribution in [0.1, 0.15) is 23.7 Å². The lowest BCUT2D eigenvalue weighted by Gasteiger charge is -2.22. The molecule has 23 heavy (non-hydrogen) atoms. The van der Waals surface area contributed by atoms with Crippen LogP contribution in [-0.4, -0.2) is 58.3 Å². The summed E-state index contributed by atoms with van der Waals surface area (Å²) in [6.07, 6.45) is 0.547. The lowest BCUT2D eigenvalue weighted by atomic mass is 10.2. The van der Waals surface area contributed by atoms with Gasteiger partial charge < -0.3 is 14.8 Å². The normalized spacial score (nSPS) is 17.4. The Morgan fingerprint density at radius 3 is 2.30 bits per heavy atom. The molecule has 1 fully saturated rings. The van der Waals surface area contributed by atoms with E-state index in [0.717, 1.165) is 4.31 Å². The second-order valence-electron chi connectivity index (χ2n) is 5.65. The molecular weight excluding hydrogens is 320 g/mol. The van der Waals surface area contributed by atoms with E-state index in [9.17, 15) is 13.2 Å². The summed E-state index contributed by atoms with van der Waals surface area (Å²) in [6.45, 7) is 3.37. The van der Waals surface area contributed by atoms with Gasteiger partial charge in [0.1, 0.15) is 0 Å². The van der Waals surface area contributed by atoms with E-state index in [0.29, 0.717) is 31.7 Å².